The summed E-state index contributed by atoms with van der Waals surface area (Å²) in [4.78, 5) is 0. The number of aliphatic hydroxyl groups excluding tert-OH is 1. The molecule has 96 valence electrons. The Labute approximate surface area is 108 Å². The molecule has 2 aromatic rings. The maximum Gasteiger partial charge on any atom is 0.0914 e. The minimum Gasteiger partial charge on any atom is -0.387 e. The molecule has 1 aromatic heterocycles. The summed E-state index contributed by atoms with van der Waals surface area (Å²) in [5, 5.41) is 13.3. The third-order valence-electron chi connectivity index (χ3n) is 3.12. The van der Waals surface area contributed by atoms with E-state index in [-0.39, 0.29) is 0 Å². The molecule has 0 spiro atoms. The van der Waals surface area contributed by atoms with Gasteiger partial charge in [-0.15, -0.1) is 0 Å². The Morgan fingerprint density at radius 2 is 2.11 bits per heavy atom. The highest BCUT2D eigenvalue weighted by molar-refractivity contribution is 5.24. The van der Waals surface area contributed by atoms with Crippen LogP contribution in [-0.4, -0.2) is 16.2 Å². The van der Waals surface area contributed by atoms with Crippen LogP contribution in [0.4, 0.5) is 0 Å². The zero-order chi connectivity index (χ0) is 13.0. The van der Waals surface area contributed by atoms with Gasteiger partial charge in [0.25, 0.3) is 0 Å². The van der Waals surface area contributed by atoms with Crippen LogP contribution >= 0.6 is 0 Å². The van der Waals surface area contributed by atoms with Crippen molar-refractivity contribution in [2.24, 2.45) is 7.05 Å². The maximum atomic E-state index is 10.1. The van der Waals surface area contributed by atoms with Gasteiger partial charge in [0.15, 0.2) is 0 Å². The lowest BCUT2D eigenvalue weighted by molar-refractivity contribution is 0.174. The Bertz CT molecular complexity index is 505. The van der Waals surface area contributed by atoms with Crippen molar-refractivity contribution in [3.05, 3.63) is 59.4 Å². The van der Waals surface area contributed by atoms with E-state index >= 15 is 0 Å². The first-order valence-corrected chi connectivity index (χ1v) is 6.22. The molecule has 1 atom stereocenters. The summed E-state index contributed by atoms with van der Waals surface area (Å²) in [6.45, 7) is 3.37. The number of hydrogen-bond donors (Lipinski definition) is 2. The van der Waals surface area contributed by atoms with Gasteiger partial charge < -0.3 is 15.0 Å². The van der Waals surface area contributed by atoms with Gasteiger partial charge in [0, 0.05) is 32.0 Å². The first-order valence-electron chi connectivity index (χ1n) is 6.22. The van der Waals surface area contributed by atoms with E-state index in [0.29, 0.717) is 6.54 Å². The molecule has 0 fully saturated rings. The standard InChI is InChI=1S/C15H20N2O/c1-12-5-3-6-13(9-12)15(18)11-16-10-14-7-4-8-17(14)2/h3-9,15-16,18H,10-11H2,1-2H3. The Kier molecular flexibility index (Phi) is 4.18. The van der Waals surface area contributed by atoms with Crippen molar-refractivity contribution in [2.75, 3.05) is 6.54 Å². The van der Waals surface area contributed by atoms with E-state index in [4.69, 9.17) is 0 Å². The van der Waals surface area contributed by atoms with Crippen LogP contribution in [0.25, 0.3) is 0 Å². The van der Waals surface area contributed by atoms with E-state index in [0.717, 1.165) is 12.1 Å². The molecule has 0 aliphatic rings. The predicted molar refractivity (Wildman–Crippen MR) is 73.3 cm³/mol. The summed E-state index contributed by atoms with van der Waals surface area (Å²) in [7, 11) is 2.02. The zero-order valence-electron chi connectivity index (χ0n) is 10.9. The second kappa shape index (κ2) is 5.85. The SMILES string of the molecule is Cc1cccc(C(O)CNCc2cccn2C)c1. The maximum absolute atomic E-state index is 10.1. The molecule has 18 heavy (non-hydrogen) atoms. The number of benzene rings is 1. The molecule has 0 saturated carbocycles. The van der Waals surface area contributed by atoms with E-state index in [9.17, 15) is 5.11 Å². The fourth-order valence-electron chi connectivity index (χ4n) is 2.01. The van der Waals surface area contributed by atoms with E-state index in [1.54, 1.807) is 0 Å². The summed E-state index contributed by atoms with van der Waals surface area (Å²) in [5.74, 6) is 0. The molecule has 3 heteroatoms. The van der Waals surface area contributed by atoms with Gasteiger partial charge in [-0.05, 0) is 24.6 Å². The number of hydrogen-bond acceptors (Lipinski definition) is 2. The molecule has 0 saturated heterocycles. The lowest BCUT2D eigenvalue weighted by atomic mass is 10.1. The van der Waals surface area contributed by atoms with Crippen LogP contribution in [0.5, 0.6) is 0 Å². The van der Waals surface area contributed by atoms with Crippen LogP contribution in [0.1, 0.15) is 22.9 Å². The predicted octanol–water partition coefficient (Wildman–Crippen LogP) is 2.16. The molecule has 0 radical (unpaired) electrons. The summed E-state index contributed by atoms with van der Waals surface area (Å²) < 4.78 is 2.08. The molecular formula is C15H20N2O. The molecule has 0 bridgehead atoms. The van der Waals surface area contributed by atoms with Gasteiger partial charge in [-0.3, -0.25) is 0 Å². The van der Waals surface area contributed by atoms with E-state index in [1.165, 1.54) is 11.3 Å². The number of aromatic nitrogens is 1. The average Bonchev–Trinajstić information content (AvgIpc) is 2.75. The molecule has 2 N–H and O–H groups in total. The number of aryl methyl sites for hydroxylation is 2. The van der Waals surface area contributed by atoms with Crippen molar-refractivity contribution in [3.63, 3.8) is 0 Å². The minimum atomic E-state index is -0.454. The fraction of sp³-hybridized carbons (Fsp3) is 0.333. The van der Waals surface area contributed by atoms with Crippen LogP contribution in [0.2, 0.25) is 0 Å². The Morgan fingerprint density at radius 3 is 2.78 bits per heavy atom. The van der Waals surface area contributed by atoms with Crippen LogP contribution < -0.4 is 5.32 Å². The van der Waals surface area contributed by atoms with Crippen LogP contribution in [0.3, 0.4) is 0 Å². The summed E-state index contributed by atoms with van der Waals surface area (Å²) >= 11 is 0. The Balaban J connectivity index is 1.85. The van der Waals surface area contributed by atoms with Gasteiger partial charge >= 0.3 is 0 Å². The number of aliphatic hydroxyl groups is 1. The van der Waals surface area contributed by atoms with Gasteiger partial charge in [0.05, 0.1) is 6.10 Å². The Morgan fingerprint density at radius 1 is 1.28 bits per heavy atom. The highest BCUT2D eigenvalue weighted by atomic mass is 16.3. The molecule has 1 heterocycles. The molecule has 0 aliphatic carbocycles. The van der Waals surface area contributed by atoms with Crippen LogP contribution in [0, 0.1) is 6.92 Å². The van der Waals surface area contributed by atoms with E-state index < -0.39 is 6.10 Å². The van der Waals surface area contributed by atoms with Crippen LogP contribution in [-0.2, 0) is 13.6 Å². The largest absolute Gasteiger partial charge is 0.387 e. The highest BCUT2D eigenvalue weighted by Gasteiger charge is 2.07. The molecular weight excluding hydrogens is 224 g/mol. The second-order valence-corrected chi connectivity index (χ2v) is 4.67. The van der Waals surface area contributed by atoms with Crippen LogP contribution in [0.15, 0.2) is 42.6 Å². The van der Waals surface area contributed by atoms with Gasteiger partial charge in [-0.2, -0.15) is 0 Å². The molecule has 1 aromatic carbocycles. The minimum absolute atomic E-state index is 0.454. The topological polar surface area (TPSA) is 37.2 Å². The number of rotatable bonds is 5. The lowest BCUT2D eigenvalue weighted by Gasteiger charge is -2.13. The third kappa shape index (κ3) is 3.22. The van der Waals surface area contributed by atoms with Crippen molar-refractivity contribution in [2.45, 2.75) is 19.6 Å². The van der Waals surface area contributed by atoms with Gasteiger partial charge in [-0.1, -0.05) is 29.8 Å². The van der Waals surface area contributed by atoms with Crippen molar-refractivity contribution < 1.29 is 5.11 Å². The van der Waals surface area contributed by atoms with Crippen molar-refractivity contribution in [3.8, 4) is 0 Å². The lowest BCUT2D eigenvalue weighted by Crippen LogP contribution is -2.22. The average molecular weight is 244 g/mol. The van der Waals surface area contributed by atoms with Crippen molar-refractivity contribution in [1.29, 1.82) is 0 Å². The normalized spacial score (nSPS) is 12.6. The monoisotopic (exact) mass is 244 g/mol. The van der Waals surface area contributed by atoms with Crippen molar-refractivity contribution in [1.82, 2.24) is 9.88 Å². The first kappa shape index (κ1) is 12.9. The summed E-state index contributed by atoms with van der Waals surface area (Å²) in [6, 6.07) is 12.1. The molecule has 0 amide bonds. The van der Waals surface area contributed by atoms with Gasteiger partial charge in [0.2, 0.25) is 0 Å². The highest BCUT2D eigenvalue weighted by Crippen LogP contribution is 2.13. The summed E-state index contributed by atoms with van der Waals surface area (Å²) in [5.41, 5.74) is 3.36. The van der Waals surface area contributed by atoms with Crippen molar-refractivity contribution >= 4 is 0 Å². The zero-order valence-corrected chi connectivity index (χ0v) is 10.9. The first-order chi connectivity index (χ1) is 8.66. The number of nitrogens with one attached hydrogen (secondary N) is 1. The molecule has 3 nitrogen and oxygen atoms in total. The van der Waals surface area contributed by atoms with Gasteiger partial charge in [0.1, 0.15) is 0 Å². The van der Waals surface area contributed by atoms with E-state index in [2.05, 4.69) is 16.0 Å². The fourth-order valence-corrected chi connectivity index (χ4v) is 2.01. The molecule has 0 aliphatic heterocycles. The second-order valence-electron chi connectivity index (χ2n) is 4.67. The molecule has 1 unspecified atom stereocenters. The Hall–Kier alpha value is -1.58. The quantitative estimate of drug-likeness (QED) is 0.845. The third-order valence-corrected chi connectivity index (χ3v) is 3.12. The number of nitrogens with zero attached hydrogens (tertiary/aromatic N) is 1. The summed E-state index contributed by atoms with van der Waals surface area (Å²) in [6.07, 6.45) is 1.57. The van der Waals surface area contributed by atoms with Gasteiger partial charge in [-0.25, -0.2) is 0 Å². The smallest absolute Gasteiger partial charge is 0.0914 e. The molecule has 2 rings (SSSR count). The van der Waals surface area contributed by atoms with E-state index in [1.807, 2.05) is 50.5 Å².